The van der Waals surface area contributed by atoms with Crippen molar-refractivity contribution in [1.82, 2.24) is 15.0 Å². The topological polar surface area (TPSA) is 113 Å². The van der Waals surface area contributed by atoms with E-state index in [-0.39, 0.29) is 23.0 Å². The van der Waals surface area contributed by atoms with Crippen LogP contribution in [0.1, 0.15) is 36.9 Å². The number of fused-ring (bicyclic) bond motifs is 1. The largest absolute Gasteiger partial charge is 0.492 e. The Morgan fingerprint density at radius 2 is 2.23 bits per heavy atom. The van der Waals surface area contributed by atoms with E-state index in [1.807, 2.05) is 25.1 Å². The summed E-state index contributed by atoms with van der Waals surface area (Å²) in [7, 11) is 1.43. The van der Waals surface area contributed by atoms with Crippen molar-refractivity contribution in [3.63, 3.8) is 0 Å². The van der Waals surface area contributed by atoms with E-state index in [9.17, 15) is 4.79 Å². The highest BCUT2D eigenvalue weighted by atomic mass is 35.5. The van der Waals surface area contributed by atoms with Gasteiger partial charge in [-0.25, -0.2) is 4.98 Å². The van der Waals surface area contributed by atoms with Gasteiger partial charge in [0.1, 0.15) is 22.4 Å². The Kier molecular flexibility index (Phi) is 5.46. The minimum Gasteiger partial charge on any atom is -0.492 e. The fourth-order valence-electron chi connectivity index (χ4n) is 3.10. The molecule has 0 unspecified atom stereocenters. The molecule has 1 saturated carbocycles. The zero-order chi connectivity index (χ0) is 21.3. The van der Waals surface area contributed by atoms with Crippen LogP contribution in [0, 0.1) is 17.2 Å². The van der Waals surface area contributed by atoms with Crippen LogP contribution < -0.4 is 20.3 Å². The van der Waals surface area contributed by atoms with E-state index in [0.29, 0.717) is 34.4 Å². The molecule has 0 aliphatic heterocycles. The van der Waals surface area contributed by atoms with Crippen molar-refractivity contribution in [2.75, 3.05) is 19.0 Å². The molecule has 1 atom stereocenters. The predicted octanol–water partition coefficient (Wildman–Crippen LogP) is 3.81. The second kappa shape index (κ2) is 8.20. The quantitative estimate of drug-likeness (QED) is 0.591. The van der Waals surface area contributed by atoms with Gasteiger partial charge in [0.25, 0.3) is 5.56 Å². The van der Waals surface area contributed by atoms with Gasteiger partial charge in [-0.15, -0.1) is 0 Å². The molecule has 2 N–H and O–H groups in total. The first kappa shape index (κ1) is 20.0. The summed E-state index contributed by atoms with van der Waals surface area (Å²) < 4.78 is 10.9. The maximum absolute atomic E-state index is 12.7. The van der Waals surface area contributed by atoms with Gasteiger partial charge in [-0.05, 0) is 43.9 Å². The van der Waals surface area contributed by atoms with Crippen molar-refractivity contribution < 1.29 is 9.47 Å². The number of halogens is 1. The number of benzene rings is 1. The first-order valence-electron chi connectivity index (χ1n) is 9.56. The molecule has 9 heteroatoms. The van der Waals surface area contributed by atoms with Crippen molar-refractivity contribution in [2.45, 2.75) is 25.8 Å². The van der Waals surface area contributed by atoms with Gasteiger partial charge in [-0.2, -0.15) is 10.2 Å². The number of rotatable bonds is 7. The summed E-state index contributed by atoms with van der Waals surface area (Å²) in [6, 6.07) is 7.03. The lowest BCUT2D eigenvalue weighted by atomic mass is 10.1. The fourth-order valence-corrected chi connectivity index (χ4v) is 3.38. The molecule has 8 nitrogen and oxygen atoms in total. The molecule has 1 aliphatic rings. The smallest absolute Gasteiger partial charge is 0.253 e. The lowest BCUT2D eigenvalue weighted by Gasteiger charge is -2.15. The van der Waals surface area contributed by atoms with Gasteiger partial charge in [-0.3, -0.25) is 4.79 Å². The van der Waals surface area contributed by atoms with Crippen LogP contribution in [0.2, 0.25) is 5.02 Å². The second-order valence-electron chi connectivity index (χ2n) is 7.24. The molecule has 4 rings (SSSR count). The second-order valence-corrected chi connectivity index (χ2v) is 7.62. The zero-order valence-electron chi connectivity index (χ0n) is 16.5. The molecule has 3 aromatic rings. The normalized spacial score (nSPS) is 14.2. The SMILES string of the molecule is COc1nc(N[C@@H](C)c2cc3ccc(OCC4CC4)c(Cl)c3[nH]c2=O)ncc1C#N. The maximum atomic E-state index is 12.7. The number of aromatic amines is 1. The van der Waals surface area contributed by atoms with Gasteiger partial charge in [-0.1, -0.05) is 11.6 Å². The Bertz CT molecular complexity index is 1200. The number of pyridine rings is 1. The van der Waals surface area contributed by atoms with E-state index in [4.69, 9.17) is 26.3 Å². The van der Waals surface area contributed by atoms with Crippen LogP contribution >= 0.6 is 11.6 Å². The summed E-state index contributed by atoms with van der Waals surface area (Å²) in [6.07, 6.45) is 3.74. The zero-order valence-corrected chi connectivity index (χ0v) is 17.3. The van der Waals surface area contributed by atoms with Crippen LogP contribution in [0.25, 0.3) is 10.9 Å². The molecule has 1 fully saturated rings. The summed E-state index contributed by atoms with van der Waals surface area (Å²) in [6.45, 7) is 2.46. The first-order valence-corrected chi connectivity index (χ1v) is 9.94. The summed E-state index contributed by atoms with van der Waals surface area (Å²) in [5.74, 6) is 1.59. The summed E-state index contributed by atoms with van der Waals surface area (Å²) in [5, 5.41) is 13.3. The van der Waals surface area contributed by atoms with Gasteiger partial charge in [0, 0.05) is 10.9 Å². The van der Waals surface area contributed by atoms with Gasteiger partial charge < -0.3 is 19.8 Å². The molecular formula is C21H20ClN5O3. The standard InChI is InChI=1S/C21H20ClN5O3/c1-11(25-21-24-9-14(8-23)20(27-21)29-2)15-7-13-5-6-16(30-10-12-3-4-12)17(22)18(13)26-19(15)28/h5-7,9,11-12H,3-4,10H2,1-2H3,(H,26,28)(H,24,25,27)/t11-/m0/s1. The average Bonchev–Trinajstić information content (AvgIpc) is 3.57. The highest BCUT2D eigenvalue weighted by molar-refractivity contribution is 6.36. The Labute approximate surface area is 177 Å². The minimum absolute atomic E-state index is 0.167. The maximum Gasteiger partial charge on any atom is 0.253 e. The van der Waals surface area contributed by atoms with E-state index in [1.165, 1.54) is 26.1 Å². The van der Waals surface area contributed by atoms with Gasteiger partial charge in [0.2, 0.25) is 11.8 Å². The molecule has 154 valence electrons. The van der Waals surface area contributed by atoms with Gasteiger partial charge in [0.05, 0.1) is 31.5 Å². The van der Waals surface area contributed by atoms with Crippen molar-refractivity contribution >= 4 is 28.5 Å². The molecule has 2 heterocycles. The Hall–Kier alpha value is -3.31. The first-order chi connectivity index (χ1) is 14.5. The molecular weight excluding hydrogens is 406 g/mol. The molecule has 1 aliphatic carbocycles. The van der Waals surface area contributed by atoms with Gasteiger partial charge >= 0.3 is 0 Å². The van der Waals surface area contributed by atoms with Crippen LogP contribution in [0.4, 0.5) is 5.95 Å². The fraction of sp³-hybridized carbons (Fsp3) is 0.333. The molecule has 30 heavy (non-hydrogen) atoms. The number of nitriles is 1. The number of aromatic nitrogens is 3. The molecule has 0 spiro atoms. The molecule has 0 radical (unpaired) electrons. The van der Waals surface area contributed by atoms with E-state index < -0.39 is 6.04 Å². The molecule has 1 aromatic carbocycles. The van der Waals surface area contributed by atoms with Crippen molar-refractivity contribution in [2.24, 2.45) is 5.92 Å². The Morgan fingerprint density at radius 1 is 1.43 bits per heavy atom. The van der Waals surface area contributed by atoms with Crippen molar-refractivity contribution in [3.05, 3.63) is 50.9 Å². The number of hydrogen-bond donors (Lipinski definition) is 2. The number of ether oxygens (including phenoxy) is 2. The van der Waals surface area contributed by atoms with E-state index in [1.54, 1.807) is 6.07 Å². The molecule has 0 bridgehead atoms. The Morgan fingerprint density at radius 3 is 2.93 bits per heavy atom. The highest BCUT2D eigenvalue weighted by Crippen LogP contribution is 2.35. The third-order valence-electron chi connectivity index (χ3n) is 5.00. The third-order valence-corrected chi connectivity index (χ3v) is 5.38. The minimum atomic E-state index is -0.402. The molecule has 0 amide bonds. The number of hydrogen-bond acceptors (Lipinski definition) is 7. The predicted molar refractivity (Wildman–Crippen MR) is 113 cm³/mol. The lowest BCUT2D eigenvalue weighted by Crippen LogP contribution is -2.20. The van der Waals surface area contributed by atoms with E-state index in [0.717, 1.165) is 5.39 Å². The monoisotopic (exact) mass is 425 g/mol. The summed E-state index contributed by atoms with van der Waals surface area (Å²) >= 11 is 6.47. The van der Waals surface area contributed by atoms with Crippen LogP contribution in [0.3, 0.4) is 0 Å². The van der Waals surface area contributed by atoms with E-state index >= 15 is 0 Å². The molecule has 0 saturated heterocycles. The van der Waals surface area contributed by atoms with Gasteiger partial charge in [0.15, 0.2) is 0 Å². The number of nitrogens with one attached hydrogen (secondary N) is 2. The van der Waals surface area contributed by atoms with E-state index in [2.05, 4.69) is 20.3 Å². The van der Waals surface area contributed by atoms with Crippen molar-refractivity contribution in [3.8, 4) is 17.7 Å². The van der Waals surface area contributed by atoms with Crippen LogP contribution in [0.15, 0.2) is 29.2 Å². The number of methoxy groups -OCH3 is 1. The van der Waals surface area contributed by atoms with Crippen molar-refractivity contribution in [1.29, 1.82) is 5.26 Å². The summed E-state index contributed by atoms with van der Waals surface area (Å²) in [5.41, 5.74) is 0.998. The molecule has 2 aromatic heterocycles. The number of nitrogens with zero attached hydrogens (tertiary/aromatic N) is 3. The lowest BCUT2D eigenvalue weighted by molar-refractivity contribution is 0.300. The Balaban J connectivity index is 1.60. The highest BCUT2D eigenvalue weighted by Gasteiger charge is 2.23. The number of H-pyrrole nitrogens is 1. The third kappa shape index (κ3) is 4.02. The summed E-state index contributed by atoms with van der Waals surface area (Å²) in [4.78, 5) is 23.9. The van der Waals surface area contributed by atoms with Crippen LogP contribution in [-0.2, 0) is 0 Å². The average molecular weight is 426 g/mol. The number of anilines is 1. The van der Waals surface area contributed by atoms with Crippen LogP contribution in [0.5, 0.6) is 11.6 Å². The van der Waals surface area contributed by atoms with Crippen LogP contribution in [-0.4, -0.2) is 28.7 Å².